The predicted molar refractivity (Wildman–Crippen MR) is 72.7 cm³/mol. The molecule has 96 valence electrons. The smallest absolute Gasteiger partial charge is 0.00670 e. The van der Waals surface area contributed by atoms with E-state index in [1.54, 1.807) is 0 Å². The molecule has 1 nitrogen and oxygen atoms in total. The lowest BCUT2D eigenvalue weighted by Crippen LogP contribution is -2.37. The van der Waals surface area contributed by atoms with Crippen LogP contribution >= 0.6 is 0 Å². The van der Waals surface area contributed by atoms with Gasteiger partial charge in [-0.1, -0.05) is 33.6 Å². The number of likely N-dealkylation sites (tertiary alicyclic amines) is 1. The van der Waals surface area contributed by atoms with E-state index in [0.717, 1.165) is 17.9 Å². The minimum absolute atomic E-state index is 0.812. The van der Waals surface area contributed by atoms with Crippen LogP contribution in [-0.2, 0) is 0 Å². The molecule has 1 heteroatoms. The molecule has 1 saturated heterocycles. The van der Waals surface area contributed by atoms with E-state index in [1.807, 2.05) is 0 Å². The van der Waals surface area contributed by atoms with Gasteiger partial charge in [-0.05, 0) is 57.5 Å². The van der Waals surface area contributed by atoms with Crippen LogP contribution in [0.25, 0.3) is 0 Å². The summed E-state index contributed by atoms with van der Waals surface area (Å²) in [5.41, 5.74) is 0. The third-order valence-electron chi connectivity index (χ3n) is 4.67. The first-order chi connectivity index (χ1) is 7.65. The second kappa shape index (κ2) is 7.32. The number of hydrogen-bond donors (Lipinski definition) is 0. The molecule has 0 saturated carbocycles. The zero-order chi connectivity index (χ0) is 12.0. The van der Waals surface area contributed by atoms with Crippen LogP contribution in [0.3, 0.4) is 0 Å². The van der Waals surface area contributed by atoms with Crippen molar-refractivity contribution in [1.82, 2.24) is 4.90 Å². The summed E-state index contributed by atoms with van der Waals surface area (Å²) in [5.74, 6) is 1.80. The molecule has 0 aliphatic carbocycles. The number of rotatable bonds is 6. The molecule has 0 N–H and O–H groups in total. The van der Waals surface area contributed by atoms with Gasteiger partial charge in [0.2, 0.25) is 0 Å². The highest BCUT2D eigenvalue weighted by Crippen LogP contribution is 2.22. The van der Waals surface area contributed by atoms with Crippen molar-refractivity contribution in [2.24, 2.45) is 11.8 Å². The second-order valence-electron chi connectivity index (χ2n) is 5.89. The first kappa shape index (κ1) is 14.0. The van der Waals surface area contributed by atoms with E-state index in [-0.39, 0.29) is 0 Å². The van der Waals surface area contributed by atoms with Crippen LogP contribution in [0.5, 0.6) is 0 Å². The van der Waals surface area contributed by atoms with Crippen molar-refractivity contribution in [3.8, 4) is 0 Å². The Balaban J connectivity index is 2.20. The van der Waals surface area contributed by atoms with Crippen molar-refractivity contribution in [1.29, 1.82) is 0 Å². The van der Waals surface area contributed by atoms with Crippen LogP contribution in [0.2, 0.25) is 0 Å². The fourth-order valence-electron chi connectivity index (χ4n) is 2.73. The van der Waals surface area contributed by atoms with Crippen LogP contribution < -0.4 is 0 Å². The van der Waals surface area contributed by atoms with Gasteiger partial charge in [-0.25, -0.2) is 0 Å². The first-order valence-corrected chi connectivity index (χ1v) is 7.39. The average Bonchev–Trinajstić information content (AvgIpc) is 2.35. The van der Waals surface area contributed by atoms with E-state index < -0.39 is 0 Å². The minimum atomic E-state index is 0.812. The maximum atomic E-state index is 2.70. The highest BCUT2D eigenvalue weighted by atomic mass is 15.1. The van der Waals surface area contributed by atoms with Crippen molar-refractivity contribution in [2.75, 3.05) is 13.1 Å². The van der Waals surface area contributed by atoms with E-state index in [2.05, 4.69) is 32.6 Å². The van der Waals surface area contributed by atoms with Crippen LogP contribution in [0, 0.1) is 11.8 Å². The molecule has 0 spiro atoms. The van der Waals surface area contributed by atoms with E-state index in [4.69, 9.17) is 0 Å². The van der Waals surface area contributed by atoms with Crippen LogP contribution in [0.1, 0.15) is 66.2 Å². The molecule has 1 heterocycles. The Morgan fingerprint density at radius 1 is 0.875 bits per heavy atom. The Bertz CT molecular complexity index is 172. The lowest BCUT2D eigenvalue weighted by atomic mass is 9.88. The standard InChI is InChI=1S/C15H31N/c1-5-13(2)14(3)9-10-15(4)16-11-7-6-8-12-16/h13-15H,5-12H2,1-4H3. The minimum Gasteiger partial charge on any atom is -0.301 e. The molecule has 1 rings (SSSR count). The fraction of sp³-hybridized carbons (Fsp3) is 1.00. The van der Waals surface area contributed by atoms with Crippen molar-refractivity contribution >= 4 is 0 Å². The molecule has 3 unspecified atom stereocenters. The van der Waals surface area contributed by atoms with Gasteiger partial charge in [0, 0.05) is 6.04 Å². The van der Waals surface area contributed by atoms with E-state index >= 15 is 0 Å². The largest absolute Gasteiger partial charge is 0.301 e. The molecule has 0 amide bonds. The van der Waals surface area contributed by atoms with Gasteiger partial charge in [-0.2, -0.15) is 0 Å². The molecule has 0 aromatic carbocycles. The first-order valence-electron chi connectivity index (χ1n) is 7.39. The summed E-state index contributed by atoms with van der Waals surface area (Å²) in [5, 5.41) is 0. The summed E-state index contributed by atoms with van der Waals surface area (Å²) in [6.45, 7) is 12.3. The fourth-order valence-corrected chi connectivity index (χ4v) is 2.73. The quantitative estimate of drug-likeness (QED) is 0.650. The highest BCUT2D eigenvalue weighted by Gasteiger charge is 2.18. The zero-order valence-corrected chi connectivity index (χ0v) is 11.8. The van der Waals surface area contributed by atoms with E-state index in [0.29, 0.717) is 0 Å². The summed E-state index contributed by atoms with van der Waals surface area (Å²) in [7, 11) is 0. The summed E-state index contributed by atoms with van der Waals surface area (Å²) in [6.07, 6.45) is 8.43. The monoisotopic (exact) mass is 225 g/mol. The predicted octanol–water partition coefficient (Wildman–Crippen LogP) is 4.32. The number of hydrogen-bond acceptors (Lipinski definition) is 1. The summed E-state index contributed by atoms with van der Waals surface area (Å²) in [6, 6.07) is 0.812. The Morgan fingerprint density at radius 3 is 2.06 bits per heavy atom. The third-order valence-corrected chi connectivity index (χ3v) is 4.67. The van der Waals surface area contributed by atoms with E-state index in [9.17, 15) is 0 Å². The second-order valence-corrected chi connectivity index (χ2v) is 5.89. The Labute approximate surface area is 103 Å². The number of piperidine rings is 1. The van der Waals surface area contributed by atoms with E-state index in [1.165, 1.54) is 51.6 Å². The van der Waals surface area contributed by atoms with Crippen molar-refractivity contribution in [3.05, 3.63) is 0 Å². The molecule has 1 aliphatic rings. The van der Waals surface area contributed by atoms with Gasteiger partial charge in [-0.3, -0.25) is 0 Å². The van der Waals surface area contributed by atoms with Gasteiger partial charge >= 0.3 is 0 Å². The molecule has 0 aromatic rings. The molecule has 16 heavy (non-hydrogen) atoms. The van der Waals surface area contributed by atoms with Crippen molar-refractivity contribution in [3.63, 3.8) is 0 Å². The molecule has 3 atom stereocenters. The van der Waals surface area contributed by atoms with Crippen molar-refractivity contribution in [2.45, 2.75) is 72.3 Å². The molecular weight excluding hydrogens is 194 g/mol. The molecule has 0 bridgehead atoms. The molecule has 0 radical (unpaired) electrons. The Hall–Kier alpha value is -0.0400. The lowest BCUT2D eigenvalue weighted by molar-refractivity contribution is 0.156. The highest BCUT2D eigenvalue weighted by molar-refractivity contribution is 4.73. The normalized spacial score (nSPS) is 24.0. The Morgan fingerprint density at radius 2 is 1.50 bits per heavy atom. The van der Waals surface area contributed by atoms with Gasteiger partial charge < -0.3 is 4.90 Å². The molecule has 1 aliphatic heterocycles. The maximum absolute atomic E-state index is 2.70. The van der Waals surface area contributed by atoms with Gasteiger partial charge in [0.15, 0.2) is 0 Å². The summed E-state index contributed by atoms with van der Waals surface area (Å²) >= 11 is 0. The van der Waals surface area contributed by atoms with Gasteiger partial charge in [0.05, 0.1) is 0 Å². The third kappa shape index (κ3) is 4.45. The average molecular weight is 225 g/mol. The zero-order valence-electron chi connectivity index (χ0n) is 11.8. The molecule has 0 aromatic heterocycles. The van der Waals surface area contributed by atoms with Crippen LogP contribution in [0.15, 0.2) is 0 Å². The topological polar surface area (TPSA) is 3.24 Å². The van der Waals surface area contributed by atoms with Crippen molar-refractivity contribution < 1.29 is 0 Å². The van der Waals surface area contributed by atoms with Gasteiger partial charge in [-0.15, -0.1) is 0 Å². The molecular formula is C15H31N. The molecule has 1 fully saturated rings. The Kier molecular flexibility index (Phi) is 6.41. The maximum Gasteiger partial charge on any atom is 0.00670 e. The number of nitrogens with zero attached hydrogens (tertiary/aromatic N) is 1. The summed E-state index contributed by atoms with van der Waals surface area (Å²) < 4.78 is 0. The van der Waals surface area contributed by atoms with Crippen LogP contribution in [0.4, 0.5) is 0 Å². The lowest BCUT2D eigenvalue weighted by Gasteiger charge is -2.33. The van der Waals surface area contributed by atoms with Gasteiger partial charge in [0.1, 0.15) is 0 Å². The SMILES string of the molecule is CCC(C)C(C)CCC(C)N1CCCCC1. The van der Waals surface area contributed by atoms with Gasteiger partial charge in [0.25, 0.3) is 0 Å². The summed E-state index contributed by atoms with van der Waals surface area (Å²) in [4.78, 5) is 2.70. The van der Waals surface area contributed by atoms with Crippen LogP contribution in [-0.4, -0.2) is 24.0 Å².